The van der Waals surface area contributed by atoms with Crippen molar-refractivity contribution >= 4 is 5.97 Å². The van der Waals surface area contributed by atoms with E-state index in [1.165, 1.54) is 0 Å². The van der Waals surface area contributed by atoms with E-state index in [4.69, 9.17) is 15.6 Å². The van der Waals surface area contributed by atoms with Crippen molar-refractivity contribution in [1.29, 1.82) is 0 Å². The highest BCUT2D eigenvalue weighted by atomic mass is 16.5. The van der Waals surface area contributed by atoms with Crippen LogP contribution in [0.5, 0.6) is 0 Å². The standard InChI is InChI=1S/C10H19NO3/c1-9(2)4-5-10(11,8(12)13)6-7(9)14-3/h7H,4-6,11H2,1-3H3,(H,12,13). The third-order valence-electron chi connectivity index (χ3n) is 3.35. The Morgan fingerprint density at radius 2 is 2.07 bits per heavy atom. The van der Waals surface area contributed by atoms with Gasteiger partial charge < -0.3 is 15.6 Å². The lowest BCUT2D eigenvalue weighted by atomic mass is 9.67. The molecule has 14 heavy (non-hydrogen) atoms. The largest absolute Gasteiger partial charge is 0.480 e. The van der Waals surface area contributed by atoms with E-state index in [0.717, 1.165) is 6.42 Å². The Hall–Kier alpha value is -0.610. The molecular formula is C10H19NO3. The SMILES string of the molecule is COC1CC(N)(C(=O)O)CCC1(C)C. The fourth-order valence-corrected chi connectivity index (χ4v) is 2.01. The molecule has 0 aromatic heterocycles. The summed E-state index contributed by atoms with van der Waals surface area (Å²) in [6, 6.07) is 0. The number of hydrogen-bond acceptors (Lipinski definition) is 3. The summed E-state index contributed by atoms with van der Waals surface area (Å²) in [7, 11) is 1.61. The second-order valence-corrected chi connectivity index (χ2v) is 4.88. The van der Waals surface area contributed by atoms with Crippen LogP contribution in [0.3, 0.4) is 0 Å². The number of hydrogen-bond donors (Lipinski definition) is 2. The first-order valence-corrected chi connectivity index (χ1v) is 4.87. The quantitative estimate of drug-likeness (QED) is 0.699. The fourth-order valence-electron chi connectivity index (χ4n) is 2.01. The predicted octanol–water partition coefficient (Wildman–Crippen LogP) is 0.994. The average Bonchev–Trinajstić information content (AvgIpc) is 2.09. The molecule has 0 bridgehead atoms. The van der Waals surface area contributed by atoms with Gasteiger partial charge in [-0.05, 0) is 18.3 Å². The molecule has 1 fully saturated rings. The van der Waals surface area contributed by atoms with E-state index in [0.29, 0.717) is 12.8 Å². The number of methoxy groups -OCH3 is 1. The second kappa shape index (κ2) is 3.51. The van der Waals surface area contributed by atoms with Crippen molar-refractivity contribution in [2.75, 3.05) is 7.11 Å². The number of aliphatic carboxylic acids is 1. The van der Waals surface area contributed by atoms with Gasteiger partial charge >= 0.3 is 5.97 Å². The Balaban J connectivity index is 2.80. The number of ether oxygens (including phenoxy) is 1. The van der Waals surface area contributed by atoms with Gasteiger partial charge in [0.25, 0.3) is 0 Å². The van der Waals surface area contributed by atoms with E-state index in [-0.39, 0.29) is 11.5 Å². The van der Waals surface area contributed by atoms with Gasteiger partial charge in [-0.1, -0.05) is 13.8 Å². The van der Waals surface area contributed by atoms with E-state index >= 15 is 0 Å². The molecule has 0 saturated heterocycles. The molecule has 1 saturated carbocycles. The number of carboxylic acids is 1. The number of carbonyl (C=O) groups is 1. The van der Waals surface area contributed by atoms with Crippen LogP contribution in [0.1, 0.15) is 33.1 Å². The van der Waals surface area contributed by atoms with Crippen molar-refractivity contribution < 1.29 is 14.6 Å². The van der Waals surface area contributed by atoms with Gasteiger partial charge in [0.1, 0.15) is 5.54 Å². The summed E-state index contributed by atoms with van der Waals surface area (Å²) in [5.74, 6) is -0.921. The van der Waals surface area contributed by atoms with Crippen LogP contribution < -0.4 is 5.73 Å². The lowest BCUT2D eigenvalue weighted by Crippen LogP contribution is -2.56. The summed E-state index contributed by atoms with van der Waals surface area (Å²) in [4.78, 5) is 11.0. The Labute approximate surface area is 84.4 Å². The van der Waals surface area contributed by atoms with Gasteiger partial charge in [0.15, 0.2) is 0 Å². The monoisotopic (exact) mass is 201 g/mol. The lowest BCUT2D eigenvalue weighted by molar-refractivity contribution is -0.149. The summed E-state index contributed by atoms with van der Waals surface area (Å²) in [6.07, 6.45) is 1.63. The molecule has 1 aliphatic carbocycles. The molecule has 82 valence electrons. The number of nitrogens with two attached hydrogens (primary N) is 1. The molecule has 0 amide bonds. The van der Waals surface area contributed by atoms with Crippen molar-refractivity contribution in [2.45, 2.75) is 44.8 Å². The molecular weight excluding hydrogens is 182 g/mol. The van der Waals surface area contributed by atoms with Gasteiger partial charge in [-0.2, -0.15) is 0 Å². The van der Waals surface area contributed by atoms with Crippen LogP contribution in [-0.2, 0) is 9.53 Å². The summed E-state index contributed by atoms with van der Waals surface area (Å²) < 4.78 is 5.31. The maximum atomic E-state index is 11.0. The van der Waals surface area contributed by atoms with Crippen molar-refractivity contribution in [3.63, 3.8) is 0 Å². The second-order valence-electron chi connectivity index (χ2n) is 4.88. The topological polar surface area (TPSA) is 72.5 Å². The molecule has 2 unspecified atom stereocenters. The first kappa shape index (κ1) is 11.5. The van der Waals surface area contributed by atoms with Gasteiger partial charge in [-0.15, -0.1) is 0 Å². The normalized spacial score (nSPS) is 36.7. The zero-order chi connectivity index (χ0) is 11.0. The molecule has 4 nitrogen and oxygen atoms in total. The summed E-state index contributed by atoms with van der Waals surface area (Å²) in [6.45, 7) is 4.17. The first-order chi connectivity index (χ1) is 6.32. The van der Waals surface area contributed by atoms with E-state index in [1.54, 1.807) is 7.11 Å². The zero-order valence-corrected chi connectivity index (χ0v) is 9.04. The van der Waals surface area contributed by atoms with Crippen molar-refractivity contribution in [3.8, 4) is 0 Å². The molecule has 0 heterocycles. The van der Waals surface area contributed by atoms with Crippen LogP contribution in [0, 0.1) is 5.41 Å². The fraction of sp³-hybridized carbons (Fsp3) is 0.900. The van der Waals surface area contributed by atoms with Crippen LogP contribution in [-0.4, -0.2) is 29.8 Å². The summed E-state index contributed by atoms with van der Waals surface area (Å²) in [5.41, 5.74) is 4.73. The molecule has 0 spiro atoms. The highest BCUT2D eigenvalue weighted by Gasteiger charge is 2.46. The van der Waals surface area contributed by atoms with E-state index in [9.17, 15) is 4.79 Å². The third-order valence-corrected chi connectivity index (χ3v) is 3.35. The van der Waals surface area contributed by atoms with Crippen LogP contribution in [0.4, 0.5) is 0 Å². The smallest absolute Gasteiger partial charge is 0.323 e. The number of rotatable bonds is 2. The van der Waals surface area contributed by atoms with Crippen LogP contribution in [0.25, 0.3) is 0 Å². The molecule has 3 N–H and O–H groups in total. The Bertz CT molecular complexity index is 240. The molecule has 0 radical (unpaired) electrons. The summed E-state index contributed by atoms with van der Waals surface area (Å²) >= 11 is 0. The first-order valence-electron chi connectivity index (χ1n) is 4.87. The van der Waals surface area contributed by atoms with Gasteiger partial charge in [0.2, 0.25) is 0 Å². The van der Waals surface area contributed by atoms with Crippen LogP contribution in [0.2, 0.25) is 0 Å². The number of carboxylic acid groups (broad SMARTS) is 1. The molecule has 0 aromatic rings. The lowest BCUT2D eigenvalue weighted by Gasteiger charge is -2.44. The van der Waals surface area contributed by atoms with Gasteiger partial charge in [-0.25, -0.2) is 0 Å². The molecule has 2 atom stereocenters. The van der Waals surface area contributed by atoms with Gasteiger partial charge in [0, 0.05) is 13.5 Å². The minimum Gasteiger partial charge on any atom is -0.480 e. The van der Waals surface area contributed by atoms with Crippen molar-refractivity contribution in [2.24, 2.45) is 11.1 Å². The van der Waals surface area contributed by atoms with Crippen LogP contribution >= 0.6 is 0 Å². The molecule has 0 aliphatic heterocycles. The predicted molar refractivity (Wildman–Crippen MR) is 53.0 cm³/mol. The van der Waals surface area contributed by atoms with Crippen molar-refractivity contribution in [1.82, 2.24) is 0 Å². The van der Waals surface area contributed by atoms with E-state index in [1.807, 2.05) is 0 Å². The molecule has 1 rings (SSSR count). The Kier molecular flexibility index (Phi) is 2.88. The molecule has 4 heteroatoms. The third kappa shape index (κ3) is 1.91. The van der Waals surface area contributed by atoms with Gasteiger partial charge in [-0.3, -0.25) is 4.79 Å². The Morgan fingerprint density at radius 3 is 2.50 bits per heavy atom. The summed E-state index contributed by atoms with van der Waals surface area (Å²) in [5, 5.41) is 9.00. The Morgan fingerprint density at radius 1 is 1.50 bits per heavy atom. The van der Waals surface area contributed by atoms with E-state index < -0.39 is 11.5 Å². The highest BCUT2D eigenvalue weighted by Crippen LogP contribution is 2.40. The average molecular weight is 201 g/mol. The van der Waals surface area contributed by atoms with Crippen LogP contribution in [0.15, 0.2) is 0 Å². The minimum atomic E-state index is -1.10. The maximum Gasteiger partial charge on any atom is 0.323 e. The molecule has 0 aromatic carbocycles. The van der Waals surface area contributed by atoms with Gasteiger partial charge in [0.05, 0.1) is 6.10 Å². The van der Waals surface area contributed by atoms with Crippen molar-refractivity contribution in [3.05, 3.63) is 0 Å². The highest BCUT2D eigenvalue weighted by molar-refractivity contribution is 5.78. The minimum absolute atomic E-state index is 0.0209. The zero-order valence-electron chi connectivity index (χ0n) is 9.04. The maximum absolute atomic E-state index is 11.0. The molecule has 1 aliphatic rings. The van der Waals surface area contributed by atoms with E-state index in [2.05, 4.69) is 13.8 Å².